The molecular weight excluding hydrogens is 220 g/mol. The zero-order chi connectivity index (χ0) is 10.5. The molecule has 0 aliphatic rings. The van der Waals surface area contributed by atoms with Crippen LogP contribution in [0.2, 0.25) is 0 Å². The van der Waals surface area contributed by atoms with Gasteiger partial charge in [-0.05, 0) is 19.3 Å². The van der Waals surface area contributed by atoms with Gasteiger partial charge in [-0.3, -0.25) is 9.11 Å². The predicted molar refractivity (Wildman–Crippen MR) is 46.4 cm³/mol. The third kappa shape index (κ3) is 11.8. The van der Waals surface area contributed by atoms with E-state index in [1.807, 2.05) is 0 Å². The van der Waals surface area contributed by atoms with Gasteiger partial charge in [0.25, 0.3) is 20.2 Å². The Kier molecular flexibility index (Phi) is 4.82. The lowest BCUT2D eigenvalue weighted by Gasteiger charge is -1.97. The van der Waals surface area contributed by atoms with E-state index in [-0.39, 0.29) is 12.8 Å². The monoisotopic (exact) mass is 231 g/mol. The number of rotatable bonds is 6. The molecule has 0 bridgehead atoms. The van der Waals surface area contributed by atoms with Crippen molar-refractivity contribution < 1.29 is 25.9 Å². The molecule has 0 amide bonds. The fourth-order valence-corrected chi connectivity index (χ4v) is 1.64. The fraction of sp³-hybridized carbons (Fsp3) is 0.800. The Bertz CT molecular complexity index is 292. The average Bonchev–Trinajstić information content (AvgIpc) is 1.81. The van der Waals surface area contributed by atoms with Crippen molar-refractivity contribution in [3.05, 3.63) is 6.42 Å². The van der Waals surface area contributed by atoms with Gasteiger partial charge in [0.1, 0.15) is 0 Å². The zero-order valence-electron chi connectivity index (χ0n) is 6.75. The number of unbranched alkanes of at least 4 members (excludes halogenated alkanes) is 2. The number of hydrogen-bond donors (Lipinski definition) is 2. The van der Waals surface area contributed by atoms with Gasteiger partial charge in [0.2, 0.25) is 0 Å². The van der Waals surface area contributed by atoms with Gasteiger partial charge < -0.3 is 0 Å². The Balaban J connectivity index is 3.50. The largest absolute Gasteiger partial charge is 0.286 e. The maximum Gasteiger partial charge on any atom is 0.265 e. The summed E-state index contributed by atoms with van der Waals surface area (Å²) in [6.07, 6.45) is 1.58. The molecule has 0 saturated carbocycles. The van der Waals surface area contributed by atoms with E-state index in [1.165, 1.54) is 6.42 Å². The highest BCUT2D eigenvalue weighted by Gasteiger charge is 2.06. The van der Waals surface area contributed by atoms with Gasteiger partial charge in [0.05, 0.1) is 11.5 Å². The molecule has 0 aliphatic heterocycles. The van der Waals surface area contributed by atoms with E-state index in [9.17, 15) is 16.8 Å². The SMILES string of the molecule is O=S(=O)(O)C[CH]CCCS(=O)(=O)O. The van der Waals surface area contributed by atoms with Gasteiger partial charge >= 0.3 is 0 Å². The van der Waals surface area contributed by atoms with Crippen molar-refractivity contribution in [1.82, 2.24) is 0 Å². The van der Waals surface area contributed by atoms with Crippen LogP contribution in [0.15, 0.2) is 0 Å². The molecule has 2 N–H and O–H groups in total. The van der Waals surface area contributed by atoms with Gasteiger partial charge in [-0.1, -0.05) is 0 Å². The van der Waals surface area contributed by atoms with Crippen molar-refractivity contribution in [3.63, 3.8) is 0 Å². The predicted octanol–water partition coefficient (Wildman–Crippen LogP) is -0.254. The molecule has 0 aromatic heterocycles. The summed E-state index contributed by atoms with van der Waals surface area (Å²) in [6, 6.07) is 0. The molecule has 0 fully saturated rings. The van der Waals surface area contributed by atoms with Gasteiger partial charge in [-0.2, -0.15) is 16.8 Å². The Morgan fingerprint density at radius 3 is 1.92 bits per heavy atom. The van der Waals surface area contributed by atoms with E-state index in [0.29, 0.717) is 0 Å². The van der Waals surface area contributed by atoms with Crippen LogP contribution in [-0.4, -0.2) is 37.4 Å². The molecule has 0 saturated heterocycles. The van der Waals surface area contributed by atoms with Gasteiger partial charge in [-0.25, -0.2) is 0 Å². The van der Waals surface area contributed by atoms with E-state index < -0.39 is 31.7 Å². The first-order chi connectivity index (χ1) is 5.71. The zero-order valence-corrected chi connectivity index (χ0v) is 8.38. The Labute approximate surface area is 77.5 Å². The van der Waals surface area contributed by atoms with E-state index in [1.54, 1.807) is 0 Å². The van der Waals surface area contributed by atoms with Crippen LogP contribution in [0.3, 0.4) is 0 Å². The first-order valence-electron chi connectivity index (χ1n) is 3.43. The fourth-order valence-electron chi connectivity index (χ4n) is 0.642. The second-order valence-corrected chi connectivity index (χ2v) is 5.53. The van der Waals surface area contributed by atoms with E-state index in [0.717, 1.165) is 0 Å². The lowest BCUT2D eigenvalue weighted by Crippen LogP contribution is -2.07. The molecule has 13 heavy (non-hydrogen) atoms. The topological polar surface area (TPSA) is 109 Å². The summed E-state index contributed by atoms with van der Waals surface area (Å²) in [5.41, 5.74) is 0. The molecule has 0 heterocycles. The van der Waals surface area contributed by atoms with Crippen LogP contribution in [-0.2, 0) is 20.2 Å². The van der Waals surface area contributed by atoms with Crippen LogP contribution in [0.4, 0.5) is 0 Å². The Morgan fingerprint density at radius 1 is 1.00 bits per heavy atom. The minimum absolute atomic E-state index is 0.133. The summed E-state index contributed by atoms with van der Waals surface area (Å²) >= 11 is 0. The van der Waals surface area contributed by atoms with Gasteiger partial charge in [-0.15, -0.1) is 0 Å². The van der Waals surface area contributed by atoms with Crippen molar-refractivity contribution in [2.24, 2.45) is 0 Å². The molecule has 8 heteroatoms. The highest BCUT2D eigenvalue weighted by molar-refractivity contribution is 7.86. The molecule has 0 aliphatic carbocycles. The lowest BCUT2D eigenvalue weighted by molar-refractivity contribution is 0.481. The number of hydrogen-bond acceptors (Lipinski definition) is 4. The molecule has 1 radical (unpaired) electrons. The molecule has 0 aromatic rings. The van der Waals surface area contributed by atoms with E-state index in [2.05, 4.69) is 0 Å². The third-order valence-electron chi connectivity index (χ3n) is 1.14. The van der Waals surface area contributed by atoms with Crippen molar-refractivity contribution in [1.29, 1.82) is 0 Å². The average molecular weight is 231 g/mol. The first-order valence-corrected chi connectivity index (χ1v) is 6.64. The molecule has 0 aromatic carbocycles. The molecule has 79 valence electrons. The van der Waals surface area contributed by atoms with Crippen LogP contribution >= 0.6 is 0 Å². The smallest absolute Gasteiger partial charge is 0.265 e. The third-order valence-corrected chi connectivity index (χ3v) is 2.60. The van der Waals surface area contributed by atoms with Crippen LogP contribution < -0.4 is 0 Å². The molecule has 6 nitrogen and oxygen atoms in total. The Hall–Kier alpha value is -0.180. The quantitative estimate of drug-likeness (QED) is 0.482. The van der Waals surface area contributed by atoms with Crippen LogP contribution in [0, 0.1) is 6.42 Å². The van der Waals surface area contributed by atoms with Crippen LogP contribution in [0.5, 0.6) is 0 Å². The van der Waals surface area contributed by atoms with Gasteiger partial charge in [0.15, 0.2) is 0 Å². The summed E-state index contributed by atoms with van der Waals surface area (Å²) in [6.45, 7) is 0. The molecule has 0 spiro atoms. The summed E-state index contributed by atoms with van der Waals surface area (Å²) in [4.78, 5) is 0. The van der Waals surface area contributed by atoms with E-state index in [4.69, 9.17) is 9.11 Å². The minimum atomic E-state index is -4.01. The highest BCUT2D eigenvalue weighted by Crippen LogP contribution is 1.99. The van der Waals surface area contributed by atoms with Crippen molar-refractivity contribution in [3.8, 4) is 0 Å². The van der Waals surface area contributed by atoms with Gasteiger partial charge in [0, 0.05) is 0 Å². The van der Waals surface area contributed by atoms with Crippen molar-refractivity contribution in [2.75, 3.05) is 11.5 Å². The maximum absolute atomic E-state index is 10.2. The maximum atomic E-state index is 10.2. The second-order valence-electron chi connectivity index (χ2n) is 2.47. The van der Waals surface area contributed by atoms with Crippen molar-refractivity contribution in [2.45, 2.75) is 12.8 Å². The highest BCUT2D eigenvalue weighted by atomic mass is 32.2. The normalized spacial score (nSPS) is 13.1. The minimum Gasteiger partial charge on any atom is -0.286 e. The molecular formula is C5H11O6S2. The summed E-state index contributed by atoms with van der Waals surface area (Å²) < 4.78 is 57.1. The summed E-state index contributed by atoms with van der Waals surface area (Å²) in [5, 5.41) is 0. The van der Waals surface area contributed by atoms with Crippen molar-refractivity contribution >= 4 is 20.2 Å². The Morgan fingerprint density at radius 2 is 1.54 bits per heavy atom. The van der Waals surface area contributed by atoms with E-state index >= 15 is 0 Å². The summed E-state index contributed by atoms with van der Waals surface area (Å²) in [7, 11) is -7.98. The standard InChI is InChI=1S/C5H11O6S2/c6-12(7,8)4-2-1-3-5-13(9,10)11/h2H,1,3-5H2,(H,6,7,8)(H,9,10,11). The van der Waals surface area contributed by atoms with Crippen LogP contribution in [0.1, 0.15) is 12.8 Å². The summed E-state index contributed by atoms with van der Waals surface area (Å²) in [5.74, 6) is -0.909. The van der Waals surface area contributed by atoms with Crippen LogP contribution in [0.25, 0.3) is 0 Å². The first kappa shape index (κ1) is 12.8. The second kappa shape index (κ2) is 4.89. The molecule has 0 rings (SSSR count). The lowest BCUT2D eigenvalue weighted by atomic mass is 10.3. The molecule has 0 unspecified atom stereocenters. The molecule has 0 atom stereocenters.